The van der Waals surface area contributed by atoms with Crippen molar-refractivity contribution in [2.45, 2.75) is 37.6 Å². The number of hydrogen-bond acceptors (Lipinski definition) is 4. The third-order valence-corrected chi connectivity index (χ3v) is 4.61. The standard InChI is InChI=1S/C20H22FNO4/c21-16-11-9-15(10-12-16)18(23)7-4-8-19(24)22-17(13-26-20(22)25)14-5-2-1-3-6-14/h1-3,5-6,9-12,17-19,23-24H,4,7-8,13H2/t17-,18+,19+/m1/s1. The van der Waals surface area contributed by atoms with Crippen molar-refractivity contribution < 1.29 is 24.1 Å². The summed E-state index contributed by atoms with van der Waals surface area (Å²) in [5.74, 6) is -0.351. The molecule has 6 heteroatoms. The number of benzene rings is 2. The van der Waals surface area contributed by atoms with Gasteiger partial charge in [-0.05, 0) is 42.5 Å². The van der Waals surface area contributed by atoms with E-state index in [1.54, 1.807) is 12.1 Å². The molecular weight excluding hydrogens is 337 g/mol. The Morgan fingerprint density at radius 1 is 1.08 bits per heavy atom. The van der Waals surface area contributed by atoms with Gasteiger partial charge >= 0.3 is 6.09 Å². The van der Waals surface area contributed by atoms with Gasteiger partial charge in [0.25, 0.3) is 0 Å². The molecule has 5 nitrogen and oxygen atoms in total. The summed E-state index contributed by atoms with van der Waals surface area (Å²) in [5.41, 5.74) is 1.53. The second-order valence-electron chi connectivity index (χ2n) is 6.39. The monoisotopic (exact) mass is 359 g/mol. The number of rotatable bonds is 7. The van der Waals surface area contributed by atoms with E-state index in [9.17, 15) is 19.4 Å². The van der Waals surface area contributed by atoms with Gasteiger partial charge in [-0.3, -0.25) is 4.90 Å². The molecule has 1 fully saturated rings. The highest BCUT2D eigenvalue weighted by molar-refractivity contribution is 5.70. The molecular formula is C20H22FNO4. The Kier molecular flexibility index (Phi) is 5.85. The van der Waals surface area contributed by atoms with Crippen LogP contribution in [0, 0.1) is 5.82 Å². The summed E-state index contributed by atoms with van der Waals surface area (Å²) in [6.45, 7) is 0.206. The van der Waals surface area contributed by atoms with Crippen LogP contribution in [-0.2, 0) is 4.74 Å². The van der Waals surface area contributed by atoms with E-state index in [0.717, 1.165) is 5.56 Å². The van der Waals surface area contributed by atoms with Crippen LogP contribution >= 0.6 is 0 Å². The normalized spacial score (nSPS) is 19.3. The van der Waals surface area contributed by atoms with E-state index < -0.39 is 18.4 Å². The fraction of sp³-hybridized carbons (Fsp3) is 0.350. The van der Waals surface area contributed by atoms with E-state index >= 15 is 0 Å². The largest absolute Gasteiger partial charge is 0.447 e. The Labute approximate surface area is 151 Å². The fourth-order valence-corrected chi connectivity index (χ4v) is 3.18. The Hall–Kier alpha value is -2.44. The molecule has 1 aliphatic rings. The summed E-state index contributed by atoms with van der Waals surface area (Å²) in [7, 11) is 0. The molecule has 1 saturated heterocycles. The molecule has 0 aliphatic carbocycles. The topological polar surface area (TPSA) is 70.0 Å². The van der Waals surface area contributed by atoms with Crippen LogP contribution in [0.3, 0.4) is 0 Å². The summed E-state index contributed by atoms with van der Waals surface area (Å²) < 4.78 is 18.0. The van der Waals surface area contributed by atoms with Crippen molar-refractivity contribution in [2.24, 2.45) is 0 Å². The molecule has 0 spiro atoms. The van der Waals surface area contributed by atoms with Crippen molar-refractivity contribution >= 4 is 6.09 Å². The van der Waals surface area contributed by atoms with Crippen LogP contribution in [-0.4, -0.2) is 34.0 Å². The van der Waals surface area contributed by atoms with Gasteiger partial charge in [0, 0.05) is 0 Å². The van der Waals surface area contributed by atoms with Crippen molar-refractivity contribution in [1.29, 1.82) is 0 Å². The van der Waals surface area contributed by atoms with Crippen LogP contribution in [0.5, 0.6) is 0 Å². The summed E-state index contributed by atoms with van der Waals surface area (Å²) in [5, 5.41) is 20.6. The van der Waals surface area contributed by atoms with Gasteiger partial charge in [-0.25, -0.2) is 9.18 Å². The van der Waals surface area contributed by atoms with Crippen molar-refractivity contribution in [3.63, 3.8) is 0 Å². The molecule has 2 N–H and O–H groups in total. The van der Waals surface area contributed by atoms with Crippen LogP contribution in [0.25, 0.3) is 0 Å². The van der Waals surface area contributed by atoms with E-state index in [4.69, 9.17) is 4.74 Å². The third-order valence-electron chi connectivity index (χ3n) is 4.61. The first kappa shape index (κ1) is 18.4. The predicted octanol–water partition coefficient (Wildman–Crippen LogP) is 3.54. The average molecular weight is 359 g/mol. The lowest BCUT2D eigenvalue weighted by molar-refractivity contribution is 0.00889. The van der Waals surface area contributed by atoms with Gasteiger partial charge in [0.05, 0.1) is 12.1 Å². The number of ether oxygens (including phenoxy) is 1. The smallest absolute Gasteiger partial charge is 0.412 e. The maximum atomic E-state index is 12.9. The Bertz CT molecular complexity index is 722. The number of amides is 1. The molecule has 0 aromatic heterocycles. The molecule has 2 aromatic carbocycles. The Morgan fingerprint density at radius 2 is 1.77 bits per heavy atom. The zero-order valence-corrected chi connectivity index (χ0v) is 14.3. The van der Waals surface area contributed by atoms with Crippen molar-refractivity contribution in [2.75, 3.05) is 6.61 Å². The number of carbonyl (C=O) groups is 1. The molecule has 1 aliphatic heterocycles. The minimum absolute atomic E-state index is 0.206. The highest BCUT2D eigenvalue weighted by Gasteiger charge is 2.38. The minimum atomic E-state index is -0.990. The molecule has 138 valence electrons. The Morgan fingerprint density at radius 3 is 2.46 bits per heavy atom. The lowest BCUT2D eigenvalue weighted by Gasteiger charge is -2.27. The van der Waals surface area contributed by atoms with Gasteiger partial charge in [0.2, 0.25) is 0 Å². The van der Waals surface area contributed by atoms with Gasteiger partial charge in [0.15, 0.2) is 0 Å². The Balaban J connectivity index is 1.55. The van der Waals surface area contributed by atoms with Gasteiger partial charge in [-0.15, -0.1) is 0 Å². The second kappa shape index (κ2) is 8.29. The molecule has 0 saturated carbocycles. The molecule has 1 amide bonds. The summed E-state index contributed by atoms with van der Waals surface area (Å²) in [6.07, 6.45) is -1.04. The quantitative estimate of drug-likeness (QED) is 0.793. The van der Waals surface area contributed by atoms with Gasteiger partial charge < -0.3 is 14.9 Å². The number of aliphatic hydroxyl groups is 2. The molecule has 2 aromatic rings. The maximum Gasteiger partial charge on any atom is 0.412 e. The molecule has 0 unspecified atom stereocenters. The lowest BCUT2D eigenvalue weighted by atomic mass is 10.0. The molecule has 3 atom stereocenters. The van der Waals surface area contributed by atoms with Crippen LogP contribution < -0.4 is 0 Å². The number of carbonyl (C=O) groups excluding carboxylic acids is 1. The van der Waals surface area contributed by atoms with Crippen molar-refractivity contribution in [3.05, 3.63) is 71.5 Å². The van der Waals surface area contributed by atoms with Gasteiger partial charge in [-0.1, -0.05) is 42.5 Å². The summed E-state index contributed by atoms with van der Waals surface area (Å²) in [4.78, 5) is 13.4. The SMILES string of the molecule is O=C1OC[C@H](c2ccccc2)N1[C@@H](O)CCC[C@H](O)c1ccc(F)cc1. The molecule has 26 heavy (non-hydrogen) atoms. The summed E-state index contributed by atoms with van der Waals surface area (Å²) in [6, 6.07) is 14.8. The minimum Gasteiger partial charge on any atom is -0.447 e. The average Bonchev–Trinajstić information content (AvgIpc) is 3.04. The van der Waals surface area contributed by atoms with Crippen LogP contribution in [0.2, 0.25) is 0 Å². The number of halogens is 1. The van der Waals surface area contributed by atoms with E-state index in [1.165, 1.54) is 17.0 Å². The first-order chi connectivity index (χ1) is 12.6. The van der Waals surface area contributed by atoms with E-state index in [1.807, 2.05) is 30.3 Å². The van der Waals surface area contributed by atoms with Gasteiger partial charge in [-0.2, -0.15) is 0 Å². The maximum absolute atomic E-state index is 12.9. The van der Waals surface area contributed by atoms with Crippen LogP contribution in [0.4, 0.5) is 9.18 Å². The zero-order chi connectivity index (χ0) is 18.5. The zero-order valence-electron chi connectivity index (χ0n) is 14.3. The van der Waals surface area contributed by atoms with Gasteiger partial charge in [0.1, 0.15) is 18.7 Å². The molecule has 0 bridgehead atoms. The number of cyclic esters (lactones) is 1. The van der Waals surface area contributed by atoms with E-state index in [0.29, 0.717) is 24.8 Å². The third kappa shape index (κ3) is 4.20. The fourth-order valence-electron chi connectivity index (χ4n) is 3.18. The van der Waals surface area contributed by atoms with Crippen LogP contribution in [0.1, 0.15) is 42.5 Å². The van der Waals surface area contributed by atoms with E-state index in [2.05, 4.69) is 0 Å². The second-order valence-corrected chi connectivity index (χ2v) is 6.39. The van der Waals surface area contributed by atoms with Crippen molar-refractivity contribution in [1.82, 2.24) is 4.90 Å². The number of aliphatic hydroxyl groups excluding tert-OH is 2. The lowest BCUT2D eigenvalue weighted by Crippen LogP contribution is -2.37. The van der Waals surface area contributed by atoms with E-state index in [-0.39, 0.29) is 18.5 Å². The molecule has 0 radical (unpaired) electrons. The molecule has 3 rings (SSSR count). The predicted molar refractivity (Wildman–Crippen MR) is 93.6 cm³/mol. The van der Waals surface area contributed by atoms with Crippen LogP contribution in [0.15, 0.2) is 54.6 Å². The number of nitrogens with zero attached hydrogens (tertiary/aromatic N) is 1. The highest BCUT2D eigenvalue weighted by Crippen LogP contribution is 2.31. The first-order valence-corrected chi connectivity index (χ1v) is 8.68. The van der Waals surface area contributed by atoms with Crippen molar-refractivity contribution in [3.8, 4) is 0 Å². The first-order valence-electron chi connectivity index (χ1n) is 8.68. The highest BCUT2D eigenvalue weighted by atomic mass is 19.1. The number of hydrogen-bond donors (Lipinski definition) is 2. The summed E-state index contributed by atoms with van der Waals surface area (Å²) >= 11 is 0. The molecule has 1 heterocycles.